The van der Waals surface area contributed by atoms with Gasteiger partial charge in [-0.25, -0.2) is 4.98 Å². The molecule has 37 heavy (non-hydrogen) atoms. The van der Waals surface area contributed by atoms with Crippen molar-refractivity contribution >= 4 is 50.1 Å². The second kappa shape index (κ2) is 9.89. The number of carbonyl (C=O) groups excluding carboxylic acids is 3. The highest BCUT2D eigenvalue weighted by molar-refractivity contribution is 7.22. The third-order valence-corrected chi connectivity index (χ3v) is 7.64. The van der Waals surface area contributed by atoms with Crippen molar-refractivity contribution in [2.24, 2.45) is 0 Å². The van der Waals surface area contributed by atoms with Gasteiger partial charge in [-0.05, 0) is 61.7 Å². The maximum atomic E-state index is 13.8. The summed E-state index contributed by atoms with van der Waals surface area (Å²) in [4.78, 5) is 45.9. The lowest BCUT2D eigenvalue weighted by Gasteiger charge is -2.21. The summed E-state index contributed by atoms with van der Waals surface area (Å²) in [5.41, 5.74) is 4.97. The number of hydrogen-bond acceptors (Lipinski definition) is 6. The molecule has 0 atom stereocenters. The number of anilines is 2. The van der Waals surface area contributed by atoms with E-state index in [1.165, 1.54) is 16.2 Å². The van der Waals surface area contributed by atoms with Crippen LogP contribution in [0.15, 0.2) is 48.5 Å². The van der Waals surface area contributed by atoms with Crippen molar-refractivity contribution in [2.45, 2.75) is 53.0 Å². The molecule has 0 aliphatic carbocycles. The van der Waals surface area contributed by atoms with Gasteiger partial charge in [-0.1, -0.05) is 37.3 Å². The Morgan fingerprint density at radius 3 is 2.38 bits per heavy atom. The molecule has 1 saturated heterocycles. The Morgan fingerprint density at radius 1 is 1.05 bits per heavy atom. The molecule has 0 saturated carbocycles. The molecule has 3 heterocycles. The molecule has 0 unspecified atom stereocenters. The lowest BCUT2D eigenvalue weighted by Crippen LogP contribution is -2.34. The fourth-order valence-electron chi connectivity index (χ4n) is 4.69. The van der Waals surface area contributed by atoms with E-state index in [0.29, 0.717) is 35.4 Å². The van der Waals surface area contributed by atoms with Crippen LogP contribution in [0.4, 0.5) is 10.8 Å². The zero-order valence-electron chi connectivity index (χ0n) is 21.4. The van der Waals surface area contributed by atoms with E-state index in [1.807, 2.05) is 36.7 Å². The van der Waals surface area contributed by atoms with E-state index in [4.69, 9.17) is 4.98 Å². The summed E-state index contributed by atoms with van der Waals surface area (Å²) in [6.45, 7) is 9.13. The van der Waals surface area contributed by atoms with E-state index >= 15 is 0 Å². The second-order valence-electron chi connectivity index (χ2n) is 9.62. The minimum absolute atomic E-state index is 0.197. The number of fused-ring (bicyclic) bond motifs is 1. The molecule has 0 N–H and O–H groups in total. The number of benzene rings is 2. The van der Waals surface area contributed by atoms with Crippen LogP contribution in [-0.2, 0) is 16.1 Å². The highest BCUT2D eigenvalue weighted by Crippen LogP contribution is 2.34. The highest BCUT2D eigenvalue weighted by atomic mass is 32.1. The molecule has 8 nitrogen and oxygen atoms in total. The Morgan fingerprint density at radius 2 is 1.76 bits per heavy atom. The van der Waals surface area contributed by atoms with Crippen molar-refractivity contribution in [2.75, 3.05) is 16.3 Å². The first-order valence-electron chi connectivity index (χ1n) is 12.4. The number of para-hydroxylation sites is 1. The molecule has 5 rings (SSSR count). The summed E-state index contributed by atoms with van der Waals surface area (Å²) in [7, 11) is 0. The number of hydrogen-bond donors (Lipinski definition) is 0. The van der Waals surface area contributed by atoms with Crippen molar-refractivity contribution in [1.82, 2.24) is 14.8 Å². The molecule has 2 aromatic heterocycles. The monoisotopic (exact) mass is 515 g/mol. The SMILES string of the molecule is Cc1cc(C)n(CCN(C(=O)c2ccc(N3C(=O)CCC3=O)cc2)c2nc3c(C(C)C)cccc3s2)n1. The smallest absolute Gasteiger partial charge is 0.260 e. The Labute approximate surface area is 219 Å². The Bertz CT molecular complexity index is 1490. The van der Waals surface area contributed by atoms with E-state index in [-0.39, 0.29) is 30.6 Å². The number of nitrogens with zero attached hydrogens (tertiary/aromatic N) is 5. The third-order valence-electron chi connectivity index (χ3n) is 6.60. The normalized spacial score (nSPS) is 13.8. The fraction of sp³-hybridized carbons (Fsp3) is 0.321. The number of imide groups is 1. The predicted octanol–water partition coefficient (Wildman–Crippen LogP) is 5.23. The number of amides is 3. The molecule has 0 radical (unpaired) electrons. The molecule has 9 heteroatoms. The molecule has 4 aromatic rings. The van der Waals surface area contributed by atoms with Gasteiger partial charge in [0.05, 0.1) is 28.1 Å². The standard InChI is InChI=1S/C28H29N5O3S/c1-17(2)22-6-5-7-23-26(22)29-28(37-23)31(14-15-32-19(4)16-18(3)30-32)27(36)20-8-10-21(11-9-20)33-24(34)12-13-25(33)35/h5-11,16-17H,12-15H2,1-4H3. The summed E-state index contributed by atoms with van der Waals surface area (Å²) in [5.74, 6) is -0.324. The van der Waals surface area contributed by atoms with Gasteiger partial charge < -0.3 is 0 Å². The van der Waals surface area contributed by atoms with Crippen molar-refractivity contribution < 1.29 is 14.4 Å². The fourth-order valence-corrected chi connectivity index (χ4v) is 5.72. The van der Waals surface area contributed by atoms with Crippen LogP contribution in [0, 0.1) is 13.8 Å². The molecule has 0 spiro atoms. The minimum Gasteiger partial charge on any atom is -0.282 e. The van der Waals surface area contributed by atoms with Gasteiger partial charge in [0.15, 0.2) is 5.13 Å². The summed E-state index contributed by atoms with van der Waals surface area (Å²) < 4.78 is 2.93. The minimum atomic E-state index is -0.217. The first-order valence-corrected chi connectivity index (χ1v) is 13.2. The van der Waals surface area contributed by atoms with Crippen LogP contribution in [0.3, 0.4) is 0 Å². The van der Waals surface area contributed by atoms with Crippen molar-refractivity contribution in [3.8, 4) is 0 Å². The van der Waals surface area contributed by atoms with Crippen molar-refractivity contribution in [3.05, 3.63) is 71.0 Å². The summed E-state index contributed by atoms with van der Waals surface area (Å²) in [5, 5.41) is 5.18. The molecule has 3 amide bonds. The predicted molar refractivity (Wildman–Crippen MR) is 145 cm³/mol. The number of aryl methyl sites for hydroxylation is 2. The zero-order valence-corrected chi connectivity index (χ0v) is 22.2. The Hall–Kier alpha value is -3.85. The summed E-state index contributed by atoms with van der Waals surface area (Å²) in [6, 6.07) is 14.8. The van der Waals surface area contributed by atoms with Gasteiger partial charge >= 0.3 is 0 Å². The van der Waals surface area contributed by atoms with Crippen molar-refractivity contribution in [3.63, 3.8) is 0 Å². The lowest BCUT2D eigenvalue weighted by atomic mass is 10.0. The van der Waals surface area contributed by atoms with Crippen LogP contribution in [0.25, 0.3) is 10.2 Å². The quantitative estimate of drug-likeness (QED) is 0.314. The molecular weight excluding hydrogens is 486 g/mol. The van der Waals surface area contributed by atoms with Crippen LogP contribution in [0.1, 0.15) is 59.9 Å². The molecule has 1 fully saturated rings. The topological polar surface area (TPSA) is 88.4 Å². The van der Waals surface area contributed by atoms with E-state index in [0.717, 1.165) is 27.2 Å². The van der Waals surface area contributed by atoms with E-state index < -0.39 is 0 Å². The van der Waals surface area contributed by atoms with E-state index in [9.17, 15) is 14.4 Å². The molecule has 1 aliphatic heterocycles. The van der Waals surface area contributed by atoms with E-state index in [1.54, 1.807) is 29.2 Å². The van der Waals surface area contributed by atoms with Crippen LogP contribution in [0.2, 0.25) is 0 Å². The summed E-state index contributed by atoms with van der Waals surface area (Å²) >= 11 is 1.50. The maximum absolute atomic E-state index is 13.8. The van der Waals surface area contributed by atoms with Gasteiger partial charge in [0.1, 0.15) is 0 Å². The Kier molecular flexibility index (Phi) is 6.64. The van der Waals surface area contributed by atoms with Gasteiger partial charge in [-0.15, -0.1) is 0 Å². The van der Waals surface area contributed by atoms with Gasteiger partial charge in [-0.2, -0.15) is 5.10 Å². The lowest BCUT2D eigenvalue weighted by molar-refractivity contribution is -0.121. The first kappa shape index (κ1) is 24.8. The van der Waals surface area contributed by atoms with Crippen LogP contribution in [0.5, 0.6) is 0 Å². The first-order chi connectivity index (χ1) is 17.7. The van der Waals surface area contributed by atoms with Gasteiger partial charge in [0.2, 0.25) is 11.8 Å². The number of aromatic nitrogens is 3. The van der Waals surface area contributed by atoms with Crippen molar-refractivity contribution in [1.29, 1.82) is 0 Å². The zero-order chi connectivity index (χ0) is 26.3. The summed E-state index contributed by atoms with van der Waals surface area (Å²) in [6.07, 6.45) is 0.436. The molecule has 190 valence electrons. The van der Waals surface area contributed by atoms with Crippen LogP contribution in [-0.4, -0.2) is 39.0 Å². The van der Waals surface area contributed by atoms with Gasteiger partial charge in [0.25, 0.3) is 5.91 Å². The average Bonchev–Trinajstić information content (AvgIpc) is 3.54. The van der Waals surface area contributed by atoms with E-state index in [2.05, 4.69) is 25.0 Å². The Balaban J connectivity index is 1.49. The highest BCUT2D eigenvalue weighted by Gasteiger charge is 2.30. The van der Waals surface area contributed by atoms with Crippen LogP contribution < -0.4 is 9.80 Å². The molecule has 1 aliphatic rings. The maximum Gasteiger partial charge on any atom is 0.260 e. The second-order valence-corrected chi connectivity index (χ2v) is 10.6. The van der Waals surface area contributed by atoms with Gasteiger partial charge in [-0.3, -0.25) is 28.9 Å². The van der Waals surface area contributed by atoms with Gasteiger partial charge in [0, 0.05) is 30.6 Å². The number of thiazole rings is 1. The molecular formula is C28H29N5O3S. The molecule has 0 bridgehead atoms. The average molecular weight is 516 g/mol. The third kappa shape index (κ3) is 4.79. The van der Waals surface area contributed by atoms with Crippen LogP contribution >= 0.6 is 11.3 Å². The largest absolute Gasteiger partial charge is 0.282 e. The number of rotatable bonds is 7. The number of carbonyl (C=O) groups is 3. The molecule has 2 aromatic carbocycles.